The Morgan fingerprint density at radius 2 is 2.11 bits per heavy atom. The van der Waals surface area contributed by atoms with E-state index >= 15 is 0 Å². The molecule has 0 aliphatic rings. The van der Waals surface area contributed by atoms with E-state index in [2.05, 4.69) is 15.6 Å². The van der Waals surface area contributed by atoms with Crippen LogP contribution in [-0.2, 0) is 17.9 Å². The zero-order chi connectivity index (χ0) is 13.5. The lowest BCUT2D eigenvalue weighted by Crippen LogP contribution is -2.22. The lowest BCUT2D eigenvalue weighted by Gasteiger charge is -2.09. The summed E-state index contributed by atoms with van der Waals surface area (Å²) in [5.74, 6) is 0.812. The molecule has 0 saturated carbocycles. The van der Waals surface area contributed by atoms with Gasteiger partial charge in [-0.05, 0) is 18.7 Å². The average Bonchev–Trinajstić information content (AvgIpc) is 2.84. The second-order valence-electron chi connectivity index (χ2n) is 4.17. The second-order valence-corrected chi connectivity index (χ2v) is 4.17. The Morgan fingerprint density at radius 1 is 1.32 bits per heavy atom. The number of aromatic nitrogens is 2. The summed E-state index contributed by atoms with van der Waals surface area (Å²) in [6, 6.07) is 9.43. The van der Waals surface area contributed by atoms with E-state index in [0.29, 0.717) is 6.54 Å². The molecule has 0 radical (unpaired) electrons. The fraction of sp³-hybridized carbons (Fsp3) is 0.286. The molecule has 5 heteroatoms. The molecule has 0 bridgehead atoms. The van der Waals surface area contributed by atoms with Crippen LogP contribution in [0.15, 0.2) is 42.7 Å². The van der Waals surface area contributed by atoms with Crippen LogP contribution in [0.3, 0.4) is 0 Å². The first-order valence-corrected chi connectivity index (χ1v) is 6.35. The SMILES string of the molecule is CCNCc1nccn1CC(=O)Nc1ccccc1. The number of anilines is 1. The number of carbonyl (C=O) groups is 1. The van der Waals surface area contributed by atoms with Gasteiger partial charge in [0.15, 0.2) is 0 Å². The van der Waals surface area contributed by atoms with Gasteiger partial charge in [-0.2, -0.15) is 0 Å². The number of nitrogens with one attached hydrogen (secondary N) is 2. The van der Waals surface area contributed by atoms with Gasteiger partial charge < -0.3 is 15.2 Å². The summed E-state index contributed by atoms with van der Waals surface area (Å²) in [6.07, 6.45) is 3.53. The van der Waals surface area contributed by atoms with Crippen molar-refractivity contribution in [3.63, 3.8) is 0 Å². The minimum absolute atomic E-state index is 0.0538. The normalized spacial score (nSPS) is 10.4. The van der Waals surface area contributed by atoms with Crippen molar-refractivity contribution >= 4 is 11.6 Å². The van der Waals surface area contributed by atoms with Gasteiger partial charge in [0.05, 0.1) is 6.54 Å². The molecule has 5 nitrogen and oxygen atoms in total. The largest absolute Gasteiger partial charge is 0.325 e. The number of benzene rings is 1. The number of amides is 1. The van der Waals surface area contributed by atoms with E-state index in [9.17, 15) is 4.79 Å². The highest BCUT2D eigenvalue weighted by atomic mass is 16.1. The van der Waals surface area contributed by atoms with E-state index in [1.807, 2.05) is 48.0 Å². The van der Waals surface area contributed by atoms with Crippen molar-refractivity contribution in [3.8, 4) is 0 Å². The number of rotatable bonds is 6. The van der Waals surface area contributed by atoms with Crippen molar-refractivity contribution in [1.29, 1.82) is 0 Å². The molecule has 19 heavy (non-hydrogen) atoms. The third-order valence-corrected chi connectivity index (χ3v) is 2.71. The smallest absolute Gasteiger partial charge is 0.244 e. The molecule has 0 aliphatic carbocycles. The highest BCUT2D eigenvalue weighted by Gasteiger charge is 2.07. The Balaban J connectivity index is 1.93. The highest BCUT2D eigenvalue weighted by Crippen LogP contribution is 2.05. The highest BCUT2D eigenvalue weighted by molar-refractivity contribution is 5.90. The molecule has 1 aromatic heterocycles. The maximum absolute atomic E-state index is 11.9. The third kappa shape index (κ3) is 3.93. The van der Waals surface area contributed by atoms with Gasteiger partial charge in [-0.15, -0.1) is 0 Å². The van der Waals surface area contributed by atoms with Crippen LogP contribution in [0.5, 0.6) is 0 Å². The predicted octanol–water partition coefficient (Wildman–Crippen LogP) is 1.63. The topological polar surface area (TPSA) is 59.0 Å². The van der Waals surface area contributed by atoms with Crippen LogP contribution in [0, 0.1) is 0 Å². The van der Waals surface area contributed by atoms with Crippen LogP contribution in [0.2, 0.25) is 0 Å². The first-order valence-electron chi connectivity index (χ1n) is 6.35. The maximum Gasteiger partial charge on any atom is 0.244 e. The van der Waals surface area contributed by atoms with Crippen LogP contribution in [0.4, 0.5) is 5.69 Å². The number of carbonyl (C=O) groups excluding carboxylic acids is 1. The summed E-state index contributed by atoms with van der Waals surface area (Å²) in [4.78, 5) is 16.2. The summed E-state index contributed by atoms with van der Waals surface area (Å²) in [7, 11) is 0. The van der Waals surface area contributed by atoms with Crippen LogP contribution in [0.25, 0.3) is 0 Å². The van der Waals surface area contributed by atoms with Gasteiger partial charge in [0.2, 0.25) is 5.91 Å². The van der Waals surface area contributed by atoms with Gasteiger partial charge in [-0.1, -0.05) is 25.1 Å². The average molecular weight is 258 g/mol. The molecule has 0 fully saturated rings. The van der Waals surface area contributed by atoms with E-state index in [4.69, 9.17) is 0 Å². The predicted molar refractivity (Wildman–Crippen MR) is 74.7 cm³/mol. The van der Waals surface area contributed by atoms with E-state index in [0.717, 1.165) is 18.1 Å². The fourth-order valence-corrected chi connectivity index (χ4v) is 1.76. The molecular weight excluding hydrogens is 240 g/mol. The summed E-state index contributed by atoms with van der Waals surface area (Å²) >= 11 is 0. The molecular formula is C14H18N4O. The van der Waals surface area contributed by atoms with Crippen molar-refractivity contribution in [3.05, 3.63) is 48.5 Å². The van der Waals surface area contributed by atoms with Crippen LogP contribution >= 0.6 is 0 Å². The molecule has 2 N–H and O–H groups in total. The van der Waals surface area contributed by atoms with Crippen molar-refractivity contribution < 1.29 is 4.79 Å². The number of imidazole rings is 1. The van der Waals surface area contributed by atoms with Crippen molar-refractivity contribution in [2.45, 2.75) is 20.0 Å². The molecule has 2 aromatic rings. The van der Waals surface area contributed by atoms with Crippen LogP contribution in [-0.4, -0.2) is 22.0 Å². The fourth-order valence-electron chi connectivity index (χ4n) is 1.76. The summed E-state index contributed by atoms with van der Waals surface area (Å²) in [5, 5.41) is 6.05. The van der Waals surface area contributed by atoms with Gasteiger partial charge in [-0.25, -0.2) is 4.98 Å². The summed E-state index contributed by atoms with van der Waals surface area (Å²) in [6.45, 7) is 3.86. The molecule has 0 aliphatic heterocycles. The molecule has 1 aromatic carbocycles. The molecule has 0 unspecified atom stereocenters. The number of nitrogens with zero attached hydrogens (tertiary/aromatic N) is 2. The minimum Gasteiger partial charge on any atom is -0.325 e. The van der Waals surface area contributed by atoms with E-state index < -0.39 is 0 Å². The van der Waals surface area contributed by atoms with Gasteiger partial charge in [0, 0.05) is 18.1 Å². The molecule has 100 valence electrons. The number of hydrogen-bond acceptors (Lipinski definition) is 3. The van der Waals surface area contributed by atoms with Crippen LogP contribution < -0.4 is 10.6 Å². The van der Waals surface area contributed by atoms with Crippen molar-refractivity contribution in [2.24, 2.45) is 0 Å². The molecule has 1 amide bonds. The van der Waals surface area contributed by atoms with Gasteiger partial charge in [-0.3, -0.25) is 4.79 Å². The molecule has 0 atom stereocenters. The Hall–Kier alpha value is -2.14. The minimum atomic E-state index is -0.0538. The zero-order valence-electron chi connectivity index (χ0n) is 11.0. The first kappa shape index (κ1) is 13.3. The van der Waals surface area contributed by atoms with Gasteiger partial charge in [0.25, 0.3) is 0 Å². The van der Waals surface area contributed by atoms with Gasteiger partial charge in [0.1, 0.15) is 12.4 Å². The number of para-hydroxylation sites is 1. The summed E-state index contributed by atoms with van der Waals surface area (Å²) in [5.41, 5.74) is 0.806. The zero-order valence-corrected chi connectivity index (χ0v) is 11.0. The Kier molecular flexibility index (Phi) is 4.69. The molecule has 0 spiro atoms. The van der Waals surface area contributed by atoms with E-state index in [-0.39, 0.29) is 12.5 Å². The van der Waals surface area contributed by atoms with Crippen molar-refractivity contribution in [2.75, 3.05) is 11.9 Å². The van der Waals surface area contributed by atoms with E-state index in [1.165, 1.54) is 0 Å². The third-order valence-electron chi connectivity index (χ3n) is 2.71. The monoisotopic (exact) mass is 258 g/mol. The first-order chi connectivity index (χ1) is 9.29. The summed E-state index contributed by atoms with van der Waals surface area (Å²) < 4.78 is 1.85. The van der Waals surface area contributed by atoms with Crippen molar-refractivity contribution in [1.82, 2.24) is 14.9 Å². The standard InChI is InChI=1S/C14H18N4O/c1-2-15-10-13-16-8-9-18(13)11-14(19)17-12-6-4-3-5-7-12/h3-9,15H,2,10-11H2,1H3,(H,17,19). The van der Waals surface area contributed by atoms with Crippen LogP contribution in [0.1, 0.15) is 12.7 Å². The Labute approximate surface area is 112 Å². The Bertz CT molecular complexity index is 521. The number of hydrogen-bond donors (Lipinski definition) is 2. The lowest BCUT2D eigenvalue weighted by molar-refractivity contribution is -0.116. The quantitative estimate of drug-likeness (QED) is 0.828. The lowest BCUT2D eigenvalue weighted by atomic mass is 10.3. The van der Waals surface area contributed by atoms with E-state index in [1.54, 1.807) is 6.20 Å². The molecule has 1 heterocycles. The van der Waals surface area contributed by atoms with Gasteiger partial charge >= 0.3 is 0 Å². The maximum atomic E-state index is 11.9. The molecule has 0 saturated heterocycles. The second kappa shape index (κ2) is 6.70. The Morgan fingerprint density at radius 3 is 2.84 bits per heavy atom. The molecule has 2 rings (SSSR count).